The molecule has 0 heterocycles. The van der Waals surface area contributed by atoms with Gasteiger partial charge in [0.15, 0.2) is 25.0 Å². The van der Waals surface area contributed by atoms with Crippen LogP contribution in [0.3, 0.4) is 0 Å². The molecule has 0 N–H and O–H groups in total. The molecule has 278 valence electrons. The standard InChI is InChI=1S/C37H86O4Si5/c1-25-32(8,35(11,28-4)45(21,22)40-36(12,29-5)42(13,14)15)38-44(19,20)34(10,27-3)33(9,26-2)39-46(23,24)37(30-6,31-7)41-43(16,17)18/h25-31H2,1-24H3. The lowest BCUT2D eigenvalue weighted by atomic mass is 9.85. The van der Waals surface area contributed by atoms with E-state index in [1.807, 2.05) is 0 Å². The molecule has 0 radical (unpaired) electrons. The predicted octanol–water partition coefficient (Wildman–Crippen LogP) is 13.3. The molecule has 0 aromatic carbocycles. The van der Waals surface area contributed by atoms with Crippen LogP contribution in [0.25, 0.3) is 0 Å². The molecule has 0 aromatic heterocycles. The molecule has 4 nitrogen and oxygen atoms in total. The lowest BCUT2D eigenvalue weighted by Gasteiger charge is -2.62. The summed E-state index contributed by atoms with van der Waals surface area (Å²) in [5.41, 5.74) is -0.665. The monoisotopic (exact) mass is 735 g/mol. The van der Waals surface area contributed by atoms with E-state index >= 15 is 0 Å². The molecule has 0 fully saturated rings. The van der Waals surface area contributed by atoms with Crippen LogP contribution in [0.5, 0.6) is 0 Å². The van der Waals surface area contributed by atoms with Crippen molar-refractivity contribution >= 4 is 41.3 Å². The van der Waals surface area contributed by atoms with E-state index in [-0.39, 0.29) is 31.7 Å². The summed E-state index contributed by atoms with van der Waals surface area (Å²) < 4.78 is 30.3. The minimum Gasteiger partial charge on any atom is -0.414 e. The van der Waals surface area contributed by atoms with Gasteiger partial charge in [-0.2, -0.15) is 0 Å². The summed E-state index contributed by atoms with van der Waals surface area (Å²) in [4.78, 5) is 0. The molecule has 0 aliphatic carbocycles. The third-order valence-corrected chi connectivity index (χ3v) is 32.2. The lowest BCUT2D eigenvalue weighted by Crippen LogP contribution is -2.69. The maximum absolute atomic E-state index is 7.90. The first-order valence-electron chi connectivity index (χ1n) is 19.1. The first-order valence-corrected chi connectivity index (χ1v) is 34.7. The zero-order valence-electron chi connectivity index (χ0n) is 36.1. The molecule has 0 aliphatic rings. The average molecular weight is 736 g/mol. The van der Waals surface area contributed by atoms with Gasteiger partial charge >= 0.3 is 0 Å². The molecular formula is C37H86O4Si5. The van der Waals surface area contributed by atoms with Crippen molar-refractivity contribution in [1.82, 2.24) is 0 Å². The molecular weight excluding hydrogens is 649 g/mol. The Hall–Kier alpha value is 0.924. The smallest absolute Gasteiger partial charge is 0.217 e. The van der Waals surface area contributed by atoms with Crippen LogP contribution in [-0.2, 0) is 17.7 Å². The van der Waals surface area contributed by atoms with E-state index < -0.39 is 41.3 Å². The molecule has 0 amide bonds. The second-order valence-electron chi connectivity index (χ2n) is 19.1. The number of hydrogen-bond donors (Lipinski definition) is 0. The molecule has 0 bridgehead atoms. The van der Waals surface area contributed by atoms with Gasteiger partial charge in [0.2, 0.25) is 8.32 Å². The Kier molecular flexibility index (Phi) is 15.6. The Morgan fingerprint density at radius 3 is 0.935 bits per heavy atom. The molecule has 5 atom stereocenters. The second kappa shape index (κ2) is 15.3. The van der Waals surface area contributed by atoms with Gasteiger partial charge in [0.1, 0.15) is 0 Å². The summed E-state index contributed by atoms with van der Waals surface area (Å²) >= 11 is 0. The van der Waals surface area contributed by atoms with Gasteiger partial charge < -0.3 is 17.7 Å². The van der Waals surface area contributed by atoms with Gasteiger partial charge in [-0.1, -0.05) is 82.0 Å². The molecule has 0 aromatic rings. The van der Waals surface area contributed by atoms with Crippen molar-refractivity contribution in [3.05, 3.63) is 0 Å². The maximum atomic E-state index is 7.90. The normalized spacial score (nSPS) is 21.1. The molecule has 9 heteroatoms. The van der Waals surface area contributed by atoms with Crippen LogP contribution in [0.15, 0.2) is 0 Å². The topological polar surface area (TPSA) is 36.9 Å². The van der Waals surface area contributed by atoms with E-state index in [1.165, 1.54) is 0 Å². The van der Waals surface area contributed by atoms with Crippen LogP contribution in [0.4, 0.5) is 0 Å². The quantitative estimate of drug-likeness (QED) is 0.110. The first-order chi connectivity index (χ1) is 20.3. The van der Waals surface area contributed by atoms with Gasteiger partial charge in [-0.3, -0.25) is 0 Å². The van der Waals surface area contributed by atoms with Crippen molar-refractivity contribution in [2.45, 2.75) is 238 Å². The lowest BCUT2D eigenvalue weighted by molar-refractivity contribution is -0.0339. The fraction of sp³-hybridized carbons (Fsp3) is 1.00. The summed E-state index contributed by atoms with van der Waals surface area (Å²) in [5, 5.41) is -0.471. The van der Waals surface area contributed by atoms with Gasteiger partial charge in [0.25, 0.3) is 0 Å². The molecule has 0 spiro atoms. The van der Waals surface area contributed by atoms with Crippen molar-refractivity contribution in [1.29, 1.82) is 0 Å². The highest BCUT2D eigenvalue weighted by Gasteiger charge is 2.64. The molecule has 0 rings (SSSR count). The van der Waals surface area contributed by atoms with Gasteiger partial charge in [-0.15, -0.1) is 0 Å². The fourth-order valence-corrected chi connectivity index (χ4v) is 26.7. The third kappa shape index (κ3) is 8.68. The van der Waals surface area contributed by atoms with E-state index in [4.69, 9.17) is 17.7 Å². The van der Waals surface area contributed by atoms with Crippen molar-refractivity contribution in [3.63, 3.8) is 0 Å². The summed E-state index contributed by atoms with van der Waals surface area (Å²) in [6.45, 7) is 57.8. The van der Waals surface area contributed by atoms with E-state index in [0.717, 1.165) is 44.9 Å². The van der Waals surface area contributed by atoms with Gasteiger partial charge in [0.05, 0.1) is 24.5 Å². The Morgan fingerprint density at radius 1 is 0.370 bits per heavy atom. The molecule has 5 unspecified atom stereocenters. The fourth-order valence-electron chi connectivity index (χ4n) is 8.74. The van der Waals surface area contributed by atoms with Crippen molar-refractivity contribution in [2.75, 3.05) is 0 Å². The molecule has 46 heavy (non-hydrogen) atoms. The highest BCUT2D eigenvalue weighted by molar-refractivity contribution is 6.82. The Bertz CT molecular complexity index is 970. The summed E-state index contributed by atoms with van der Waals surface area (Å²) in [6.07, 6.45) is 7.01. The predicted molar refractivity (Wildman–Crippen MR) is 220 cm³/mol. The van der Waals surface area contributed by atoms with E-state index in [1.54, 1.807) is 0 Å². The van der Waals surface area contributed by atoms with E-state index in [9.17, 15) is 0 Å². The Labute approximate surface area is 296 Å². The zero-order valence-corrected chi connectivity index (χ0v) is 41.1. The zero-order chi connectivity index (χ0) is 37.3. The highest BCUT2D eigenvalue weighted by atomic mass is 28.4. The van der Waals surface area contributed by atoms with Crippen LogP contribution in [0.1, 0.15) is 128 Å². The van der Waals surface area contributed by atoms with Crippen molar-refractivity contribution in [2.24, 2.45) is 0 Å². The highest BCUT2D eigenvalue weighted by Crippen LogP contribution is 2.61. The summed E-state index contributed by atoms with van der Waals surface area (Å²) in [5.74, 6) is 0. The maximum Gasteiger partial charge on any atom is 0.217 e. The van der Waals surface area contributed by atoms with Crippen LogP contribution >= 0.6 is 0 Å². The van der Waals surface area contributed by atoms with E-state index in [0.29, 0.717) is 0 Å². The third-order valence-electron chi connectivity index (χ3n) is 14.2. The van der Waals surface area contributed by atoms with Crippen LogP contribution in [0, 0.1) is 0 Å². The minimum atomic E-state index is -2.46. The second-order valence-corrected chi connectivity index (χ2v) is 41.9. The number of rotatable bonds is 21. The largest absolute Gasteiger partial charge is 0.414 e. The van der Waals surface area contributed by atoms with Crippen molar-refractivity contribution in [3.8, 4) is 0 Å². The Balaban J connectivity index is 7.20. The van der Waals surface area contributed by atoms with Crippen molar-refractivity contribution < 1.29 is 17.7 Å². The molecule has 0 saturated carbocycles. The van der Waals surface area contributed by atoms with Gasteiger partial charge in [-0.25, -0.2) is 0 Å². The first kappa shape index (κ1) is 46.9. The van der Waals surface area contributed by atoms with E-state index in [2.05, 4.69) is 162 Å². The van der Waals surface area contributed by atoms with Crippen LogP contribution in [0.2, 0.25) is 88.6 Å². The van der Waals surface area contributed by atoms with Crippen LogP contribution < -0.4 is 0 Å². The van der Waals surface area contributed by atoms with Gasteiger partial charge in [-0.05, 0) is 125 Å². The average Bonchev–Trinajstić information content (AvgIpc) is 2.92. The SMILES string of the molecule is CCC(C)(O[Si](C)(C)C(CC)(CC)O[Si](C)(C)C)C(C)(CC)[Si](C)(C)OC(C)(CC)C(C)(CC)[Si](C)(C)OC(C)(CC)[Si](C)(C)C. The summed E-state index contributed by atoms with van der Waals surface area (Å²) in [7, 11) is -10.5. The van der Waals surface area contributed by atoms with Crippen LogP contribution in [-0.4, -0.2) is 63.0 Å². The molecule has 0 saturated heterocycles. The Morgan fingerprint density at radius 2 is 0.696 bits per heavy atom. The molecule has 0 aliphatic heterocycles. The summed E-state index contributed by atoms with van der Waals surface area (Å²) in [6, 6.07) is 0. The van der Waals surface area contributed by atoms with Gasteiger partial charge in [0, 0.05) is 15.3 Å². The number of hydrogen-bond acceptors (Lipinski definition) is 4. The minimum absolute atomic E-state index is 0.0629.